The summed E-state index contributed by atoms with van der Waals surface area (Å²) in [5.41, 5.74) is 7.29. The van der Waals surface area contributed by atoms with Gasteiger partial charge in [-0.15, -0.1) is 0 Å². The van der Waals surface area contributed by atoms with Gasteiger partial charge in [0.25, 0.3) is 0 Å². The smallest absolute Gasteiger partial charge is 0.322 e. The number of urea groups is 1. The Morgan fingerprint density at radius 1 is 1.44 bits per heavy atom. The van der Waals surface area contributed by atoms with Crippen LogP contribution in [-0.2, 0) is 0 Å². The molecule has 4 nitrogen and oxygen atoms in total. The number of anilines is 2. The maximum absolute atomic E-state index is 12.2. The summed E-state index contributed by atoms with van der Waals surface area (Å²) in [6, 6.07) is 7.76. The van der Waals surface area contributed by atoms with E-state index in [1.54, 1.807) is 4.90 Å². The Balaban J connectivity index is 2.05. The van der Waals surface area contributed by atoms with Gasteiger partial charge in [-0.3, -0.25) is 4.90 Å². The molecule has 0 unspecified atom stereocenters. The van der Waals surface area contributed by atoms with Gasteiger partial charge >= 0.3 is 6.03 Å². The molecule has 1 aromatic rings. The number of rotatable bonds is 3. The number of nitrogens with one attached hydrogen (secondary N) is 1. The van der Waals surface area contributed by atoms with Crippen LogP contribution in [0, 0.1) is 0 Å². The van der Waals surface area contributed by atoms with Crippen LogP contribution in [-0.4, -0.2) is 18.6 Å². The molecule has 0 bridgehead atoms. The van der Waals surface area contributed by atoms with Crippen LogP contribution in [0.2, 0.25) is 0 Å². The van der Waals surface area contributed by atoms with Gasteiger partial charge in [0.1, 0.15) is 0 Å². The average Bonchev–Trinajstić information content (AvgIpc) is 2.83. The molecule has 1 aliphatic rings. The summed E-state index contributed by atoms with van der Waals surface area (Å²) in [5, 5.41) is 3.09. The molecular formula is C14H21N3O. The number of carbonyl (C=O) groups excluding carboxylic acids is 1. The highest BCUT2D eigenvalue weighted by Gasteiger charge is 2.20. The van der Waals surface area contributed by atoms with Crippen LogP contribution in [0.25, 0.3) is 0 Å². The van der Waals surface area contributed by atoms with Crippen LogP contribution >= 0.6 is 0 Å². The van der Waals surface area contributed by atoms with Gasteiger partial charge < -0.3 is 11.1 Å². The third-order valence-electron chi connectivity index (χ3n) is 3.43. The van der Waals surface area contributed by atoms with Crippen molar-refractivity contribution in [3.8, 4) is 0 Å². The van der Waals surface area contributed by atoms with E-state index >= 15 is 0 Å². The van der Waals surface area contributed by atoms with Gasteiger partial charge in [-0.05, 0) is 38.0 Å². The summed E-state index contributed by atoms with van der Waals surface area (Å²) in [5.74, 6) is 0. The van der Waals surface area contributed by atoms with Crippen molar-refractivity contribution in [3.63, 3.8) is 0 Å². The molecule has 1 aromatic carbocycles. The van der Waals surface area contributed by atoms with E-state index in [4.69, 9.17) is 5.73 Å². The molecule has 0 heterocycles. The van der Waals surface area contributed by atoms with Crippen molar-refractivity contribution in [3.05, 3.63) is 24.3 Å². The zero-order valence-electron chi connectivity index (χ0n) is 10.9. The lowest BCUT2D eigenvalue weighted by Crippen LogP contribution is -2.44. The molecule has 1 fully saturated rings. The molecule has 98 valence electrons. The van der Waals surface area contributed by atoms with E-state index in [1.165, 1.54) is 12.8 Å². The third-order valence-corrected chi connectivity index (χ3v) is 3.43. The minimum absolute atomic E-state index is 0.0185. The van der Waals surface area contributed by atoms with Gasteiger partial charge in [-0.25, -0.2) is 4.79 Å². The second-order valence-corrected chi connectivity index (χ2v) is 4.77. The Bertz CT molecular complexity index is 413. The molecular weight excluding hydrogens is 226 g/mol. The summed E-state index contributed by atoms with van der Waals surface area (Å²) in [7, 11) is 0. The number of nitrogens with zero attached hydrogens (tertiary/aromatic N) is 1. The van der Waals surface area contributed by atoms with Crippen LogP contribution in [0.4, 0.5) is 16.2 Å². The third kappa shape index (κ3) is 2.94. The number of benzene rings is 1. The minimum atomic E-state index is -0.0185. The summed E-state index contributed by atoms with van der Waals surface area (Å²) < 4.78 is 0. The lowest BCUT2D eigenvalue weighted by Gasteiger charge is -2.24. The molecule has 1 aliphatic carbocycles. The van der Waals surface area contributed by atoms with E-state index in [2.05, 4.69) is 5.32 Å². The second-order valence-electron chi connectivity index (χ2n) is 4.77. The van der Waals surface area contributed by atoms with E-state index in [9.17, 15) is 4.79 Å². The largest absolute Gasteiger partial charge is 0.399 e. The Kier molecular flexibility index (Phi) is 4.07. The van der Waals surface area contributed by atoms with Crippen molar-refractivity contribution >= 4 is 17.4 Å². The molecule has 2 rings (SSSR count). The summed E-state index contributed by atoms with van der Waals surface area (Å²) in [6.07, 6.45) is 4.63. The standard InChI is InChI=1S/C14H21N3O/c1-2-17(13-9-5-6-11(15)10-13)14(18)16-12-7-3-4-8-12/h5-6,9-10,12H,2-4,7-8,15H2,1H3,(H,16,18). The zero-order valence-corrected chi connectivity index (χ0v) is 10.9. The molecule has 0 spiro atoms. The molecule has 18 heavy (non-hydrogen) atoms. The molecule has 0 aliphatic heterocycles. The zero-order chi connectivity index (χ0) is 13.0. The van der Waals surface area contributed by atoms with Crippen molar-refractivity contribution in [2.45, 2.75) is 38.6 Å². The average molecular weight is 247 g/mol. The number of amides is 2. The van der Waals surface area contributed by atoms with Crippen molar-refractivity contribution in [1.82, 2.24) is 5.32 Å². The summed E-state index contributed by atoms with van der Waals surface area (Å²) >= 11 is 0. The number of nitrogen functional groups attached to an aromatic ring is 1. The van der Waals surface area contributed by atoms with Gasteiger partial charge in [-0.2, -0.15) is 0 Å². The number of carbonyl (C=O) groups is 1. The molecule has 3 N–H and O–H groups in total. The Labute approximate surface area is 108 Å². The molecule has 0 atom stereocenters. The predicted octanol–water partition coefficient (Wildman–Crippen LogP) is 2.75. The van der Waals surface area contributed by atoms with Gasteiger partial charge in [0.05, 0.1) is 0 Å². The fourth-order valence-electron chi connectivity index (χ4n) is 2.46. The van der Waals surface area contributed by atoms with Crippen molar-refractivity contribution in [2.24, 2.45) is 0 Å². The predicted molar refractivity (Wildman–Crippen MR) is 74.7 cm³/mol. The van der Waals surface area contributed by atoms with Crippen LogP contribution < -0.4 is 16.0 Å². The first-order chi connectivity index (χ1) is 8.70. The molecule has 2 amide bonds. The SMILES string of the molecule is CCN(C(=O)NC1CCCC1)c1cccc(N)c1. The van der Waals surface area contributed by atoms with Crippen molar-refractivity contribution in [2.75, 3.05) is 17.2 Å². The Morgan fingerprint density at radius 2 is 2.17 bits per heavy atom. The highest BCUT2D eigenvalue weighted by molar-refractivity contribution is 5.92. The molecule has 0 aromatic heterocycles. The van der Waals surface area contributed by atoms with Gasteiger partial charge in [0.15, 0.2) is 0 Å². The van der Waals surface area contributed by atoms with Crippen molar-refractivity contribution < 1.29 is 4.79 Å². The first kappa shape index (κ1) is 12.7. The van der Waals surface area contributed by atoms with Crippen LogP contribution in [0.1, 0.15) is 32.6 Å². The maximum atomic E-state index is 12.2. The molecule has 0 radical (unpaired) electrons. The first-order valence-electron chi connectivity index (χ1n) is 6.64. The molecule has 4 heteroatoms. The monoisotopic (exact) mass is 247 g/mol. The van der Waals surface area contributed by atoms with E-state index < -0.39 is 0 Å². The summed E-state index contributed by atoms with van der Waals surface area (Å²) in [6.45, 7) is 2.61. The number of hydrogen-bond acceptors (Lipinski definition) is 2. The van der Waals surface area contributed by atoms with E-state index in [1.807, 2.05) is 31.2 Å². The molecule has 0 saturated heterocycles. The fraction of sp³-hybridized carbons (Fsp3) is 0.500. The van der Waals surface area contributed by atoms with Gasteiger partial charge in [-0.1, -0.05) is 18.9 Å². The topological polar surface area (TPSA) is 58.4 Å². The summed E-state index contributed by atoms with van der Waals surface area (Å²) in [4.78, 5) is 13.9. The Morgan fingerprint density at radius 3 is 2.78 bits per heavy atom. The van der Waals surface area contributed by atoms with Crippen LogP contribution in [0.15, 0.2) is 24.3 Å². The van der Waals surface area contributed by atoms with Crippen molar-refractivity contribution in [1.29, 1.82) is 0 Å². The van der Waals surface area contributed by atoms with E-state index in [0.29, 0.717) is 18.3 Å². The number of hydrogen-bond donors (Lipinski definition) is 2. The highest BCUT2D eigenvalue weighted by atomic mass is 16.2. The quantitative estimate of drug-likeness (QED) is 0.807. The maximum Gasteiger partial charge on any atom is 0.322 e. The second kappa shape index (κ2) is 5.76. The lowest BCUT2D eigenvalue weighted by molar-refractivity contribution is 0.243. The fourth-order valence-corrected chi connectivity index (χ4v) is 2.46. The van der Waals surface area contributed by atoms with Gasteiger partial charge in [0, 0.05) is 24.0 Å². The highest BCUT2D eigenvalue weighted by Crippen LogP contribution is 2.20. The molecule has 1 saturated carbocycles. The normalized spacial score (nSPS) is 15.6. The Hall–Kier alpha value is -1.71. The van der Waals surface area contributed by atoms with Crippen LogP contribution in [0.3, 0.4) is 0 Å². The van der Waals surface area contributed by atoms with E-state index in [-0.39, 0.29) is 6.03 Å². The van der Waals surface area contributed by atoms with Gasteiger partial charge in [0.2, 0.25) is 0 Å². The number of nitrogens with two attached hydrogens (primary N) is 1. The minimum Gasteiger partial charge on any atom is -0.399 e. The van der Waals surface area contributed by atoms with E-state index in [0.717, 1.165) is 18.5 Å². The van der Waals surface area contributed by atoms with Crippen LogP contribution in [0.5, 0.6) is 0 Å². The lowest BCUT2D eigenvalue weighted by atomic mass is 10.2. The first-order valence-corrected chi connectivity index (χ1v) is 6.64.